The van der Waals surface area contributed by atoms with Crippen LogP contribution in [0.4, 0.5) is 0 Å². The van der Waals surface area contributed by atoms with Crippen LogP contribution in [0.2, 0.25) is 0 Å². The van der Waals surface area contributed by atoms with E-state index in [0.717, 1.165) is 16.5 Å². The number of nitrogens with one attached hydrogen (secondary N) is 2. The summed E-state index contributed by atoms with van der Waals surface area (Å²) in [5.41, 5.74) is 3.21. The quantitative estimate of drug-likeness (QED) is 0.555. The summed E-state index contributed by atoms with van der Waals surface area (Å²) in [5, 5.41) is 3.78. The van der Waals surface area contributed by atoms with Crippen molar-refractivity contribution in [3.8, 4) is 11.5 Å². The average Bonchev–Trinajstić information content (AvgIpc) is 3.04. The molecule has 4 aromatic rings. The van der Waals surface area contributed by atoms with E-state index in [0.29, 0.717) is 22.8 Å². The first-order chi connectivity index (χ1) is 13.9. The van der Waals surface area contributed by atoms with E-state index in [1.807, 2.05) is 38.1 Å². The number of nitrogens with zero attached hydrogens (tertiary/aromatic N) is 2. The maximum atomic E-state index is 12.8. The number of furan rings is 1. The average molecular weight is 388 g/mol. The molecule has 4 rings (SSSR count). The number of rotatable bonds is 4. The van der Waals surface area contributed by atoms with Crippen LogP contribution in [-0.2, 0) is 0 Å². The molecular weight excluding hydrogens is 368 g/mol. The molecule has 3 heterocycles. The maximum absolute atomic E-state index is 12.8. The van der Waals surface area contributed by atoms with Crippen LogP contribution in [0.3, 0.4) is 0 Å². The van der Waals surface area contributed by atoms with Gasteiger partial charge in [-0.3, -0.25) is 14.6 Å². The minimum absolute atomic E-state index is 0.257. The second-order valence-corrected chi connectivity index (χ2v) is 6.98. The lowest BCUT2D eigenvalue weighted by Gasteiger charge is -2.13. The number of carbonyl (C=O) groups is 1. The van der Waals surface area contributed by atoms with Crippen molar-refractivity contribution < 1.29 is 9.21 Å². The molecule has 1 atom stereocenters. The van der Waals surface area contributed by atoms with Crippen molar-refractivity contribution in [3.63, 3.8) is 0 Å². The van der Waals surface area contributed by atoms with Gasteiger partial charge in [0.1, 0.15) is 11.3 Å². The Balaban J connectivity index is 1.62. The van der Waals surface area contributed by atoms with Gasteiger partial charge in [0.25, 0.3) is 11.5 Å². The van der Waals surface area contributed by atoms with Crippen LogP contribution >= 0.6 is 0 Å². The number of fused-ring (bicyclic) bond motifs is 1. The van der Waals surface area contributed by atoms with Crippen LogP contribution < -0.4 is 10.9 Å². The third kappa shape index (κ3) is 3.67. The Kier molecular flexibility index (Phi) is 4.72. The zero-order valence-corrected chi connectivity index (χ0v) is 16.3. The van der Waals surface area contributed by atoms with E-state index in [-0.39, 0.29) is 17.2 Å². The number of benzene rings is 1. The van der Waals surface area contributed by atoms with Gasteiger partial charge in [-0.05, 0) is 45.0 Å². The fourth-order valence-corrected chi connectivity index (χ4v) is 3.21. The van der Waals surface area contributed by atoms with Crippen molar-refractivity contribution in [1.82, 2.24) is 20.3 Å². The third-order valence-corrected chi connectivity index (χ3v) is 4.76. The standard InChI is InChI=1S/C22H20N4O3/c1-12-7-8-18-15(10-12)13(2)20(29-18)22(28)24-14(3)17-11-19(27)26-21(25-17)16-6-4-5-9-23-16/h4-11,14H,1-3H3,(H,24,28)(H,25,26,27)/t14-/m0/s1. The molecule has 0 radical (unpaired) electrons. The summed E-state index contributed by atoms with van der Waals surface area (Å²) in [6.07, 6.45) is 1.62. The second kappa shape index (κ2) is 7.35. The van der Waals surface area contributed by atoms with Gasteiger partial charge in [-0.25, -0.2) is 4.98 Å². The van der Waals surface area contributed by atoms with E-state index in [1.54, 1.807) is 25.3 Å². The summed E-state index contributed by atoms with van der Waals surface area (Å²) in [6, 6.07) is 12.0. The minimum Gasteiger partial charge on any atom is -0.451 e. The molecule has 1 aromatic carbocycles. The number of H-pyrrole nitrogens is 1. The predicted molar refractivity (Wildman–Crippen MR) is 110 cm³/mol. The summed E-state index contributed by atoms with van der Waals surface area (Å²) in [7, 11) is 0. The highest BCUT2D eigenvalue weighted by molar-refractivity contribution is 5.99. The number of aromatic amines is 1. The Morgan fingerprint density at radius 1 is 1.17 bits per heavy atom. The number of pyridine rings is 1. The molecule has 0 saturated carbocycles. The molecule has 7 nitrogen and oxygen atoms in total. The lowest BCUT2D eigenvalue weighted by Crippen LogP contribution is -2.28. The van der Waals surface area contributed by atoms with Crippen LogP contribution in [0, 0.1) is 13.8 Å². The lowest BCUT2D eigenvalue weighted by molar-refractivity contribution is 0.0912. The van der Waals surface area contributed by atoms with Gasteiger partial charge in [0, 0.05) is 23.2 Å². The van der Waals surface area contributed by atoms with E-state index in [9.17, 15) is 9.59 Å². The number of aryl methyl sites for hydroxylation is 2. The molecule has 1 amide bonds. The molecule has 0 aliphatic carbocycles. The predicted octanol–water partition coefficient (Wildman–Crippen LogP) is 3.69. The number of hydrogen-bond acceptors (Lipinski definition) is 5. The van der Waals surface area contributed by atoms with E-state index in [1.165, 1.54) is 6.07 Å². The molecule has 146 valence electrons. The first-order valence-electron chi connectivity index (χ1n) is 9.25. The van der Waals surface area contributed by atoms with Crippen molar-refractivity contribution in [1.29, 1.82) is 0 Å². The van der Waals surface area contributed by atoms with Gasteiger partial charge in [-0.2, -0.15) is 0 Å². The SMILES string of the molecule is Cc1ccc2oc(C(=O)N[C@@H](C)c3cc(=O)[nH]c(-c4ccccn4)n3)c(C)c2c1. The molecule has 0 unspecified atom stereocenters. The number of amides is 1. The highest BCUT2D eigenvalue weighted by atomic mass is 16.3. The highest BCUT2D eigenvalue weighted by Crippen LogP contribution is 2.26. The van der Waals surface area contributed by atoms with Gasteiger partial charge in [-0.1, -0.05) is 17.7 Å². The summed E-state index contributed by atoms with van der Waals surface area (Å²) in [4.78, 5) is 36.3. The van der Waals surface area contributed by atoms with Crippen LogP contribution in [0.25, 0.3) is 22.5 Å². The van der Waals surface area contributed by atoms with Crippen LogP contribution in [0.15, 0.2) is 57.9 Å². The zero-order valence-electron chi connectivity index (χ0n) is 16.3. The Morgan fingerprint density at radius 3 is 2.76 bits per heavy atom. The molecule has 2 N–H and O–H groups in total. The van der Waals surface area contributed by atoms with Crippen molar-refractivity contribution in [3.05, 3.63) is 81.6 Å². The molecule has 0 fully saturated rings. The van der Waals surface area contributed by atoms with Gasteiger partial charge in [0.05, 0.1) is 11.7 Å². The molecule has 0 aliphatic heterocycles. The third-order valence-electron chi connectivity index (χ3n) is 4.76. The molecule has 0 bridgehead atoms. The summed E-state index contributed by atoms with van der Waals surface area (Å²) in [5.74, 6) is 0.252. The fourth-order valence-electron chi connectivity index (χ4n) is 3.21. The second-order valence-electron chi connectivity index (χ2n) is 6.98. The normalized spacial score (nSPS) is 12.1. The first kappa shape index (κ1) is 18.6. The molecule has 29 heavy (non-hydrogen) atoms. The zero-order chi connectivity index (χ0) is 20.5. The highest BCUT2D eigenvalue weighted by Gasteiger charge is 2.21. The van der Waals surface area contributed by atoms with Gasteiger partial charge >= 0.3 is 0 Å². The van der Waals surface area contributed by atoms with Crippen LogP contribution in [0.1, 0.15) is 40.3 Å². The van der Waals surface area contributed by atoms with Crippen LogP contribution in [0.5, 0.6) is 0 Å². The van der Waals surface area contributed by atoms with Crippen molar-refractivity contribution in [2.24, 2.45) is 0 Å². The van der Waals surface area contributed by atoms with Crippen molar-refractivity contribution >= 4 is 16.9 Å². The van der Waals surface area contributed by atoms with Crippen molar-refractivity contribution in [2.45, 2.75) is 26.8 Å². The van der Waals surface area contributed by atoms with E-state index in [2.05, 4.69) is 20.3 Å². The molecular formula is C22H20N4O3. The number of carbonyl (C=O) groups excluding carboxylic acids is 1. The fraction of sp³-hybridized carbons (Fsp3) is 0.182. The van der Waals surface area contributed by atoms with E-state index >= 15 is 0 Å². The lowest BCUT2D eigenvalue weighted by atomic mass is 10.1. The van der Waals surface area contributed by atoms with Crippen molar-refractivity contribution in [2.75, 3.05) is 0 Å². The molecule has 3 aromatic heterocycles. The number of aromatic nitrogens is 3. The molecule has 7 heteroatoms. The molecule has 0 aliphatic rings. The molecule has 0 spiro atoms. The Bertz CT molecular complexity index is 1260. The smallest absolute Gasteiger partial charge is 0.287 e. The largest absolute Gasteiger partial charge is 0.451 e. The van der Waals surface area contributed by atoms with Crippen LogP contribution in [-0.4, -0.2) is 20.9 Å². The van der Waals surface area contributed by atoms with Gasteiger partial charge in [0.15, 0.2) is 11.6 Å². The van der Waals surface area contributed by atoms with E-state index in [4.69, 9.17) is 4.42 Å². The topological polar surface area (TPSA) is 101 Å². The van der Waals surface area contributed by atoms with E-state index < -0.39 is 6.04 Å². The van der Waals surface area contributed by atoms with Gasteiger partial charge in [0.2, 0.25) is 0 Å². The Hall–Kier alpha value is -3.74. The molecule has 0 saturated heterocycles. The van der Waals surface area contributed by atoms with Gasteiger partial charge < -0.3 is 14.7 Å². The summed E-state index contributed by atoms with van der Waals surface area (Å²) < 4.78 is 5.76. The Labute approximate surface area is 166 Å². The van der Waals surface area contributed by atoms with Gasteiger partial charge in [-0.15, -0.1) is 0 Å². The summed E-state index contributed by atoms with van der Waals surface area (Å²) >= 11 is 0. The maximum Gasteiger partial charge on any atom is 0.287 e. The number of hydrogen-bond donors (Lipinski definition) is 2. The summed E-state index contributed by atoms with van der Waals surface area (Å²) in [6.45, 7) is 5.62. The Morgan fingerprint density at radius 2 is 2.00 bits per heavy atom. The first-order valence-corrected chi connectivity index (χ1v) is 9.25. The minimum atomic E-state index is -0.499. The monoisotopic (exact) mass is 388 g/mol.